The van der Waals surface area contributed by atoms with Gasteiger partial charge < -0.3 is 20.3 Å². The maximum Gasteiger partial charge on any atom is 0.322 e. The standard InChI is InChI=1S/C18H25N3O3/c1-11-4-5-14(17(22)19-15-6-7-15)8-16(11)20-18(23)21-9-12(2)24-13(3)10-21/h4-5,8,12-13,15H,6-7,9-10H2,1-3H3,(H,19,22)(H,20,23)/t12-,13+. The van der Waals surface area contributed by atoms with Crippen molar-refractivity contribution < 1.29 is 14.3 Å². The molecule has 0 aromatic heterocycles. The lowest BCUT2D eigenvalue weighted by Gasteiger charge is -2.35. The molecule has 130 valence electrons. The number of amides is 3. The van der Waals surface area contributed by atoms with Gasteiger partial charge >= 0.3 is 6.03 Å². The molecule has 24 heavy (non-hydrogen) atoms. The average Bonchev–Trinajstić information content (AvgIpc) is 3.32. The number of carbonyl (C=O) groups is 2. The number of morpholine rings is 1. The number of hydrogen-bond acceptors (Lipinski definition) is 3. The molecule has 2 fully saturated rings. The highest BCUT2D eigenvalue weighted by Crippen LogP contribution is 2.22. The number of ether oxygens (including phenoxy) is 1. The molecule has 3 amide bonds. The topological polar surface area (TPSA) is 70.7 Å². The average molecular weight is 331 g/mol. The Hall–Kier alpha value is -2.08. The fourth-order valence-corrected chi connectivity index (χ4v) is 2.93. The smallest absolute Gasteiger partial charge is 0.322 e. The van der Waals surface area contributed by atoms with Crippen LogP contribution in [0.25, 0.3) is 0 Å². The zero-order valence-electron chi connectivity index (χ0n) is 14.5. The summed E-state index contributed by atoms with van der Waals surface area (Å²) in [6.45, 7) is 6.98. The van der Waals surface area contributed by atoms with Crippen molar-refractivity contribution in [1.29, 1.82) is 0 Å². The summed E-state index contributed by atoms with van der Waals surface area (Å²) >= 11 is 0. The highest BCUT2D eigenvalue weighted by atomic mass is 16.5. The van der Waals surface area contributed by atoms with Crippen molar-refractivity contribution in [2.75, 3.05) is 18.4 Å². The summed E-state index contributed by atoms with van der Waals surface area (Å²) in [5, 5.41) is 5.90. The normalized spacial score (nSPS) is 23.7. The Kier molecular flexibility index (Phi) is 4.76. The lowest BCUT2D eigenvalue weighted by atomic mass is 10.1. The van der Waals surface area contributed by atoms with E-state index in [1.165, 1.54) is 0 Å². The van der Waals surface area contributed by atoms with Gasteiger partial charge in [-0.15, -0.1) is 0 Å². The van der Waals surface area contributed by atoms with Crippen molar-refractivity contribution in [2.24, 2.45) is 0 Å². The van der Waals surface area contributed by atoms with E-state index < -0.39 is 0 Å². The third-order valence-electron chi connectivity index (χ3n) is 4.36. The van der Waals surface area contributed by atoms with Crippen LogP contribution in [0.1, 0.15) is 42.6 Å². The molecule has 6 nitrogen and oxygen atoms in total. The van der Waals surface area contributed by atoms with Crippen LogP contribution in [0.4, 0.5) is 10.5 Å². The summed E-state index contributed by atoms with van der Waals surface area (Å²) in [4.78, 5) is 26.5. The molecule has 1 aliphatic carbocycles. The molecule has 1 saturated heterocycles. The van der Waals surface area contributed by atoms with E-state index in [0.717, 1.165) is 18.4 Å². The van der Waals surface area contributed by atoms with E-state index in [4.69, 9.17) is 4.74 Å². The number of urea groups is 1. The van der Waals surface area contributed by atoms with Gasteiger partial charge in [-0.25, -0.2) is 4.79 Å². The first-order valence-electron chi connectivity index (χ1n) is 8.55. The van der Waals surface area contributed by atoms with Crippen LogP contribution in [0.5, 0.6) is 0 Å². The number of nitrogens with zero attached hydrogens (tertiary/aromatic N) is 1. The molecule has 1 aliphatic heterocycles. The fraction of sp³-hybridized carbons (Fsp3) is 0.556. The largest absolute Gasteiger partial charge is 0.372 e. The Balaban J connectivity index is 1.69. The van der Waals surface area contributed by atoms with Crippen molar-refractivity contribution in [3.63, 3.8) is 0 Å². The second kappa shape index (κ2) is 6.81. The lowest BCUT2D eigenvalue weighted by molar-refractivity contribution is -0.0530. The molecule has 0 spiro atoms. The minimum Gasteiger partial charge on any atom is -0.372 e. The molecule has 1 aromatic carbocycles. The zero-order valence-corrected chi connectivity index (χ0v) is 14.5. The van der Waals surface area contributed by atoms with Gasteiger partial charge in [0.2, 0.25) is 0 Å². The third-order valence-corrected chi connectivity index (χ3v) is 4.36. The quantitative estimate of drug-likeness (QED) is 0.894. The highest BCUT2D eigenvalue weighted by Gasteiger charge is 2.27. The molecule has 0 radical (unpaired) electrons. The van der Waals surface area contributed by atoms with Gasteiger partial charge in [-0.1, -0.05) is 6.07 Å². The molecule has 1 heterocycles. The maximum absolute atomic E-state index is 12.5. The van der Waals surface area contributed by atoms with Crippen molar-refractivity contribution in [2.45, 2.75) is 51.9 Å². The van der Waals surface area contributed by atoms with Gasteiger partial charge in [-0.3, -0.25) is 4.79 Å². The summed E-state index contributed by atoms with van der Waals surface area (Å²) in [6, 6.07) is 5.56. The van der Waals surface area contributed by atoms with E-state index in [2.05, 4.69) is 10.6 Å². The predicted octanol–water partition coefficient (Wildman–Crippen LogP) is 2.53. The van der Waals surface area contributed by atoms with E-state index in [1.807, 2.05) is 26.8 Å². The van der Waals surface area contributed by atoms with Crippen molar-refractivity contribution in [3.8, 4) is 0 Å². The molecule has 2 atom stereocenters. The van der Waals surface area contributed by atoms with Crippen molar-refractivity contribution in [3.05, 3.63) is 29.3 Å². The van der Waals surface area contributed by atoms with Gasteiger partial charge in [0.15, 0.2) is 0 Å². The molecule has 6 heteroatoms. The number of anilines is 1. The van der Waals surface area contributed by atoms with E-state index in [9.17, 15) is 9.59 Å². The monoisotopic (exact) mass is 331 g/mol. The number of rotatable bonds is 3. The van der Waals surface area contributed by atoms with Crippen LogP contribution in [0.15, 0.2) is 18.2 Å². The van der Waals surface area contributed by atoms with Crippen LogP contribution in [-0.4, -0.2) is 48.2 Å². The fourth-order valence-electron chi connectivity index (χ4n) is 2.93. The van der Waals surface area contributed by atoms with Gasteiger partial charge in [0, 0.05) is 30.4 Å². The summed E-state index contributed by atoms with van der Waals surface area (Å²) in [5.74, 6) is -0.0818. The Morgan fingerprint density at radius 3 is 2.46 bits per heavy atom. The molecule has 2 aliphatic rings. The summed E-state index contributed by atoms with van der Waals surface area (Å²) in [5.41, 5.74) is 2.18. The van der Waals surface area contributed by atoms with Gasteiger partial charge in [0.1, 0.15) is 0 Å². The van der Waals surface area contributed by atoms with Gasteiger partial charge in [-0.2, -0.15) is 0 Å². The van der Waals surface area contributed by atoms with Gasteiger partial charge in [-0.05, 0) is 51.3 Å². The summed E-state index contributed by atoms with van der Waals surface area (Å²) < 4.78 is 5.66. The Labute approximate surface area is 142 Å². The SMILES string of the molecule is Cc1ccc(C(=O)NC2CC2)cc1NC(=O)N1C[C@@H](C)O[C@@H](C)C1. The molecule has 1 aromatic rings. The minimum absolute atomic E-state index is 0.0243. The molecule has 3 rings (SSSR count). The third kappa shape index (κ3) is 4.06. The summed E-state index contributed by atoms with van der Waals surface area (Å²) in [7, 11) is 0. The van der Waals surface area contributed by atoms with Crippen LogP contribution in [0.3, 0.4) is 0 Å². The van der Waals surface area contributed by atoms with Crippen molar-refractivity contribution >= 4 is 17.6 Å². The van der Waals surface area contributed by atoms with E-state index in [0.29, 0.717) is 30.4 Å². The van der Waals surface area contributed by atoms with Gasteiger partial charge in [0.05, 0.1) is 12.2 Å². The molecular weight excluding hydrogens is 306 g/mol. The second-order valence-electron chi connectivity index (χ2n) is 6.87. The molecular formula is C18H25N3O3. The van der Waals surface area contributed by atoms with Crippen LogP contribution in [0.2, 0.25) is 0 Å². The Morgan fingerprint density at radius 1 is 1.17 bits per heavy atom. The zero-order chi connectivity index (χ0) is 17.3. The predicted molar refractivity (Wildman–Crippen MR) is 92.3 cm³/mol. The second-order valence-corrected chi connectivity index (χ2v) is 6.87. The number of aryl methyl sites for hydroxylation is 1. The molecule has 2 N–H and O–H groups in total. The maximum atomic E-state index is 12.5. The van der Waals surface area contributed by atoms with Gasteiger partial charge in [0.25, 0.3) is 5.91 Å². The molecule has 0 bridgehead atoms. The first-order valence-corrected chi connectivity index (χ1v) is 8.55. The highest BCUT2D eigenvalue weighted by molar-refractivity contribution is 5.97. The number of carbonyl (C=O) groups excluding carboxylic acids is 2. The number of hydrogen-bond donors (Lipinski definition) is 2. The van der Waals surface area contributed by atoms with Crippen LogP contribution >= 0.6 is 0 Å². The van der Waals surface area contributed by atoms with Crippen LogP contribution < -0.4 is 10.6 Å². The van der Waals surface area contributed by atoms with Crippen LogP contribution in [0, 0.1) is 6.92 Å². The molecule has 1 saturated carbocycles. The first-order chi connectivity index (χ1) is 11.4. The molecule has 0 unspecified atom stereocenters. The van der Waals surface area contributed by atoms with Crippen LogP contribution in [-0.2, 0) is 4.74 Å². The number of nitrogens with one attached hydrogen (secondary N) is 2. The van der Waals surface area contributed by atoms with Crippen molar-refractivity contribution in [1.82, 2.24) is 10.2 Å². The van der Waals surface area contributed by atoms with E-state index >= 15 is 0 Å². The number of benzene rings is 1. The lowest BCUT2D eigenvalue weighted by Crippen LogP contribution is -2.49. The Bertz CT molecular complexity index is 632. The van der Waals surface area contributed by atoms with E-state index in [-0.39, 0.29) is 24.1 Å². The minimum atomic E-state index is -0.153. The Morgan fingerprint density at radius 2 is 1.83 bits per heavy atom. The summed E-state index contributed by atoms with van der Waals surface area (Å²) in [6.07, 6.45) is 2.15. The first kappa shape index (κ1) is 16.8. The van der Waals surface area contributed by atoms with E-state index in [1.54, 1.807) is 17.0 Å².